The van der Waals surface area contributed by atoms with Crippen LogP contribution in [0.1, 0.15) is 91.5 Å². The summed E-state index contributed by atoms with van der Waals surface area (Å²) in [4.78, 5) is 73.6. The lowest BCUT2D eigenvalue weighted by atomic mass is 9.91. The number of nitrogens with zero attached hydrogens (tertiary/aromatic N) is 1. The first-order chi connectivity index (χ1) is 35.4. The van der Waals surface area contributed by atoms with E-state index < -0.39 is 41.4 Å². The summed E-state index contributed by atoms with van der Waals surface area (Å²) in [6.07, 6.45) is 3.40. The van der Waals surface area contributed by atoms with Gasteiger partial charge in [-0.3, -0.25) is 24.2 Å². The number of nitrogens with one attached hydrogen (secondary N) is 2. The van der Waals surface area contributed by atoms with E-state index in [4.69, 9.17) is 24.7 Å². The van der Waals surface area contributed by atoms with Gasteiger partial charge in [0.25, 0.3) is 0 Å². The molecule has 0 spiro atoms. The average molecular weight is 1030 g/mol. The molecule has 2 amide bonds. The Morgan fingerprint density at radius 3 is 1.99 bits per heavy atom. The van der Waals surface area contributed by atoms with E-state index in [0.29, 0.717) is 55.9 Å². The molecule has 4 N–H and O–H groups in total. The molecule has 13 nitrogen and oxygen atoms in total. The number of carbonyl (C=O) groups excluding carboxylic acids is 5. The monoisotopic (exact) mass is 1030 g/mol. The lowest BCUT2D eigenvalue weighted by Gasteiger charge is -2.24. The second-order valence-electron chi connectivity index (χ2n) is 20.5. The van der Waals surface area contributed by atoms with Crippen molar-refractivity contribution in [2.24, 2.45) is 28.5 Å². The Morgan fingerprint density at radius 1 is 0.757 bits per heavy atom. The average Bonchev–Trinajstić information content (AvgIpc) is 3.36. The van der Waals surface area contributed by atoms with Crippen LogP contribution in [0.3, 0.4) is 0 Å². The third kappa shape index (κ3) is 19.0. The highest BCUT2D eigenvalue weighted by molar-refractivity contribution is 7.57. The predicted molar refractivity (Wildman–Crippen MR) is 299 cm³/mol. The standard InChI is InChI=1S/C60H77N4O9P/c1-9-20-46(58(68)72-38-42-21-11-10-12-22-42)36-51(66)50(28-19-34-62-54(61)40-74(7)8)64-57(67)45(25-17-18-33-63-59(69)73-60(4,5)6)35-47(65)39-71-53-32-30-44-24-14-16-27-49(44)56(53)55-48-26-15-13-23-43(48)29-31-52(55)70-37-41(2)3/h9-16,21-24,26-27,29-32,41,45-46,50H,1,17-20,25,28,33-40H2,2-8H3,(H2,61,62)(H,63,69)(H,64,67)/t45-,46+,50+/m0/s1. The molecular weight excluding hydrogens is 952 g/mol. The maximum absolute atomic E-state index is 14.6. The highest BCUT2D eigenvalue weighted by Crippen LogP contribution is 2.45. The summed E-state index contributed by atoms with van der Waals surface area (Å²) >= 11 is 0. The van der Waals surface area contributed by atoms with Gasteiger partial charge in [0.1, 0.15) is 30.3 Å². The van der Waals surface area contributed by atoms with Crippen molar-refractivity contribution in [3.8, 4) is 22.6 Å². The number of hydrogen-bond donors (Lipinski definition) is 3. The van der Waals surface area contributed by atoms with Crippen LogP contribution in [0.25, 0.3) is 32.7 Å². The van der Waals surface area contributed by atoms with Crippen molar-refractivity contribution < 1.29 is 42.9 Å². The fourth-order valence-corrected chi connectivity index (χ4v) is 9.29. The molecule has 5 rings (SSSR count). The number of unbranched alkanes of at least 4 members (excludes halogenated alkanes) is 1. The van der Waals surface area contributed by atoms with Crippen LogP contribution in [0.15, 0.2) is 121 Å². The number of amides is 2. The van der Waals surface area contributed by atoms with Crippen molar-refractivity contribution in [1.82, 2.24) is 10.6 Å². The van der Waals surface area contributed by atoms with Gasteiger partial charge < -0.3 is 35.3 Å². The minimum Gasteiger partial charge on any atom is -0.493 e. The summed E-state index contributed by atoms with van der Waals surface area (Å²) in [5.74, 6) is -1.41. The molecule has 0 bridgehead atoms. The number of benzene rings is 5. The number of hydrogen-bond acceptors (Lipinski definition) is 10. The van der Waals surface area contributed by atoms with Gasteiger partial charge in [-0.2, -0.15) is 0 Å². The van der Waals surface area contributed by atoms with Gasteiger partial charge in [0.05, 0.1) is 24.4 Å². The molecule has 0 heterocycles. The topological polar surface area (TPSA) is 185 Å². The third-order valence-corrected chi connectivity index (χ3v) is 13.0. The molecule has 5 aromatic carbocycles. The van der Waals surface area contributed by atoms with Crippen molar-refractivity contribution in [2.75, 3.05) is 45.8 Å². The van der Waals surface area contributed by atoms with Gasteiger partial charge in [0.15, 0.2) is 11.6 Å². The van der Waals surface area contributed by atoms with Gasteiger partial charge in [-0.25, -0.2) is 4.79 Å². The lowest BCUT2D eigenvalue weighted by molar-refractivity contribution is -0.151. The highest BCUT2D eigenvalue weighted by atomic mass is 31.1. The van der Waals surface area contributed by atoms with Crippen LogP contribution in [0.4, 0.5) is 4.79 Å². The molecule has 0 unspecified atom stereocenters. The van der Waals surface area contributed by atoms with Gasteiger partial charge in [0, 0.05) is 49.1 Å². The number of carbonyl (C=O) groups is 5. The second-order valence-corrected chi connectivity index (χ2v) is 23.0. The van der Waals surface area contributed by atoms with Crippen molar-refractivity contribution in [3.05, 3.63) is 121 Å². The van der Waals surface area contributed by atoms with Crippen LogP contribution in [0.2, 0.25) is 0 Å². The Balaban J connectivity index is 1.41. The summed E-state index contributed by atoms with van der Waals surface area (Å²) in [6, 6.07) is 32.2. The zero-order chi connectivity index (χ0) is 53.6. The van der Waals surface area contributed by atoms with Crippen LogP contribution < -0.4 is 25.8 Å². The normalized spacial score (nSPS) is 13.0. The maximum Gasteiger partial charge on any atom is 0.407 e. The van der Waals surface area contributed by atoms with Crippen LogP contribution in [-0.4, -0.2) is 92.8 Å². The molecule has 396 valence electrons. The molecular formula is C60H77N4O9P. The number of alkyl carbamates (subject to hydrolysis) is 1. The minimum absolute atomic E-state index is 0.0462. The van der Waals surface area contributed by atoms with Crippen LogP contribution in [-0.2, 0) is 35.3 Å². The van der Waals surface area contributed by atoms with Gasteiger partial charge in [-0.05, 0) is 111 Å². The number of ketones is 2. The number of nitrogens with two attached hydrogens (primary N) is 1. The van der Waals surface area contributed by atoms with Crippen molar-refractivity contribution >= 4 is 64.8 Å². The van der Waals surface area contributed by atoms with Crippen LogP contribution >= 0.6 is 7.92 Å². The Hall–Kier alpha value is -6.59. The van der Waals surface area contributed by atoms with Gasteiger partial charge in [-0.15, -0.1) is 14.5 Å². The number of amidine groups is 1. The summed E-state index contributed by atoms with van der Waals surface area (Å²) < 4.78 is 24.0. The molecule has 0 aliphatic carbocycles. The Morgan fingerprint density at radius 2 is 1.38 bits per heavy atom. The molecule has 0 aliphatic heterocycles. The minimum atomic E-state index is -1.00. The number of allylic oxidation sites excluding steroid dienone is 1. The first-order valence-electron chi connectivity index (χ1n) is 25.8. The van der Waals surface area contributed by atoms with Crippen molar-refractivity contribution in [3.63, 3.8) is 0 Å². The van der Waals surface area contributed by atoms with Crippen LogP contribution in [0.5, 0.6) is 11.5 Å². The number of Topliss-reactive ketones (excluding diaryl/α,β-unsaturated/α-hetero) is 2. The zero-order valence-electron chi connectivity index (χ0n) is 44.5. The predicted octanol–water partition coefficient (Wildman–Crippen LogP) is 11.6. The van der Waals surface area contributed by atoms with E-state index in [1.54, 1.807) is 26.8 Å². The summed E-state index contributed by atoms with van der Waals surface area (Å²) in [7, 11) is -0.301. The molecule has 0 radical (unpaired) electrons. The fourth-order valence-electron chi connectivity index (χ4n) is 8.55. The maximum atomic E-state index is 14.6. The molecule has 0 fully saturated rings. The summed E-state index contributed by atoms with van der Waals surface area (Å²) in [5.41, 5.74) is 7.98. The first kappa shape index (κ1) is 58.3. The summed E-state index contributed by atoms with van der Waals surface area (Å²) in [5, 5.41) is 9.66. The molecule has 0 saturated carbocycles. The molecule has 5 aromatic rings. The van der Waals surface area contributed by atoms with Gasteiger partial charge >= 0.3 is 12.1 Å². The largest absolute Gasteiger partial charge is 0.493 e. The Labute approximate surface area is 439 Å². The Kier molecular flexibility index (Phi) is 23.1. The number of aliphatic imine (C=N–C) groups is 1. The van der Waals surface area contributed by atoms with Crippen LogP contribution in [0, 0.1) is 17.8 Å². The molecule has 74 heavy (non-hydrogen) atoms. The van der Waals surface area contributed by atoms with E-state index in [9.17, 15) is 24.0 Å². The zero-order valence-corrected chi connectivity index (χ0v) is 45.3. The van der Waals surface area contributed by atoms with Crippen molar-refractivity contribution in [2.45, 2.75) is 104 Å². The summed E-state index contributed by atoms with van der Waals surface area (Å²) in [6.45, 7) is 18.4. The smallest absolute Gasteiger partial charge is 0.407 e. The van der Waals surface area contributed by atoms with E-state index >= 15 is 0 Å². The number of ether oxygens (including phenoxy) is 4. The van der Waals surface area contributed by atoms with Crippen molar-refractivity contribution in [1.29, 1.82) is 0 Å². The number of rotatable bonds is 30. The highest BCUT2D eigenvalue weighted by Gasteiger charge is 2.31. The first-order valence-corrected chi connectivity index (χ1v) is 28.2. The van der Waals surface area contributed by atoms with E-state index in [1.165, 1.54) is 0 Å². The van der Waals surface area contributed by atoms with Gasteiger partial charge in [0.2, 0.25) is 5.91 Å². The van der Waals surface area contributed by atoms with E-state index in [1.807, 2.05) is 91.0 Å². The fraction of sp³-hybridized carbons (Fsp3) is 0.433. The molecule has 14 heteroatoms. The van der Waals surface area contributed by atoms with E-state index in [-0.39, 0.29) is 77.3 Å². The second kappa shape index (κ2) is 29.3. The third-order valence-electron chi connectivity index (χ3n) is 12.1. The SMILES string of the molecule is C=CC[C@H](CC(=O)[C@@H](CCCN=C(N)CP(C)C)NC(=O)[C@@H](CCCCNC(=O)OC(C)(C)C)CC(=O)COc1ccc2ccccc2c1-c1c(OCC(C)C)ccc2ccccc12)C(=O)OCc1ccccc1. The molecule has 0 aliphatic rings. The number of fused-ring (bicyclic) bond motifs is 2. The van der Waals surface area contributed by atoms with Gasteiger partial charge in [-0.1, -0.05) is 117 Å². The quantitative estimate of drug-likeness (QED) is 0.00998. The molecule has 0 saturated heterocycles. The molecule has 0 aromatic heterocycles. The number of esters is 1. The Bertz CT molecular complexity index is 2700. The van der Waals surface area contributed by atoms with E-state index in [0.717, 1.165) is 38.2 Å². The lowest BCUT2D eigenvalue weighted by Crippen LogP contribution is -2.45. The van der Waals surface area contributed by atoms with E-state index in [2.05, 4.69) is 61.5 Å². The molecule has 3 atom stereocenters.